The highest BCUT2D eigenvalue weighted by molar-refractivity contribution is 6.09. The number of ketones is 1. The molecule has 19 heavy (non-hydrogen) atoms. The Bertz CT molecular complexity index is 648. The number of carbonyl (C=O) groups is 2. The quantitative estimate of drug-likeness (QED) is 0.865. The molecule has 0 saturated heterocycles. The average Bonchev–Trinajstić information content (AvgIpc) is 2.41. The normalized spacial score (nSPS) is 10.2. The number of hydrogen-bond acceptors (Lipinski definition) is 2. The number of carboxylic acids is 1. The molecule has 2 aromatic carbocycles. The van der Waals surface area contributed by atoms with Gasteiger partial charge in [0.25, 0.3) is 0 Å². The molecule has 0 aliphatic carbocycles. The summed E-state index contributed by atoms with van der Waals surface area (Å²) in [5, 5.41) is 8.72. The lowest BCUT2D eigenvalue weighted by atomic mass is 10.0. The molecule has 0 unspecified atom stereocenters. The summed E-state index contributed by atoms with van der Waals surface area (Å²) < 4.78 is 26.4. The number of benzene rings is 2. The summed E-state index contributed by atoms with van der Waals surface area (Å²) >= 11 is 0. The van der Waals surface area contributed by atoms with E-state index in [1.54, 1.807) is 0 Å². The van der Waals surface area contributed by atoms with Crippen molar-refractivity contribution < 1.29 is 23.5 Å². The molecule has 0 amide bonds. The zero-order valence-corrected chi connectivity index (χ0v) is 9.56. The Morgan fingerprint density at radius 2 is 1.47 bits per heavy atom. The highest BCUT2D eigenvalue weighted by Gasteiger charge is 2.15. The van der Waals surface area contributed by atoms with Crippen LogP contribution in [0.3, 0.4) is 0 Å². The van der Waals surface area contributed by atoms with Gasteiger partial charge in [-0.2, -0.15) is 0 Å². The summed E-state index contributed by atoms with van der Waals surface area (Å²) in [5.74, 6) is -3.37. The molecule has 0 bridgehead atoms. The van der Waals surface area contributed by atoms with Gasteiger partial charge in [0.05, 0.1) is 11.1 Å². The number of carbonyl (C=O) groups excluding carboxylic acids is 1. The third-order valence-electron chi connectivity index (χ3n) is 2.57. The van der Waals surface area contributed by atoms with Gasteiger partial charge in [-0.25, -0.2) is 13.6 Å². The lowest BCUT2D eigenvalue weighted by molar-refractivity contribution is 0.0696. The minimum atomic E-state index is -1.13. The van der Waals surface area contributed by atoms with E-state index >= 15 is 0 Å². The van der Waals surface area contributed by atoms with Gasteiger partial charge in [0.15, 0.2) is 5.78 Å². The first-order valence-electron chi connectivity index (χ1n) is 5.32. The van der Waals surface area contributed by atoms with Gasteiger partial charge >= 0.3 is 5.97 Å². The number of rotatable bonds is 3. The van der Waals surface area contributed by atoms with Gasteiger partial charge < -0.3 is 5.11 Å². The van der Waals surface area contributed by atoms with Crippen molar-refractivity contribution in [2.24, 2.45) is 0 Å². The second kappa shape index (κ2) is 4.97. The molecule has 0 spiro atoms. The van der Waals surface area contributed by atoms with Crippen LogP contribution in [0.5, 0.6) is 0 Å². The van der Waals surface area contributed by atoms with E-state index in [0.717, 1.165) is 18.2 Å². The molecular weight excluding hydrogens is 254 g/mol. The Labute approximate surface area is 107 Å². The van der Waals surface area contributed by atoms with E-state index in [0.29, 0.717) is 0 Å². The number of hydrogen-bond donors (Lipinski definition) is 1. The van der Waals surface area contributed by atoms with Crippen LogP contribution in [-0.2, 0) is 0 Å². The maximum Gasteiger partial charge on any atom is 0.335 e. The van der Waals surface area contributed by atoms with Crippen LogP contribution in [0.1, 0.15) is 26.3 Å². The summed E-state index contributed by atoms with van der Waals surface area (Å²) in [5.41, 5.74) is -0.283. The largest absolute Gasteiger partial charge is 0.478 e. The van der Waals surface area contributed by atoms with Crippen LogP contribution in [0.25, 0.3) is 0 Å². The van der Waals surface area contributed by atoms with E-state index in [-0.39, 0.29) is 16.7 Å². The fourth-order valence-electron chi connectivity index (χ4n) is 1.59. The Hall–Kier alpha value is -2.56. The highest BCUT2D eigenvalue weighted by atomic mass is 19.1. The molecule has 0 aliphatic heterocycles. The fraction of sp³-hybridized carbons (Fsp3) is 0. The number of aromatic carboxylic acids is 1. The summed E-state index contributed by atoms with van der Waals surface area (Å²) in [4.78, 5) is 22.6. The van der Waals surface area contributed by atoms with Crippen molar-refractivity contribution in [1.82, 2.24) is 0 Å². The molecule has 0 radical (unpaired) electrons. The van der Waals surface area contributed by atoms with Crippen molar-refractivity contribution in [3.63, 3.8) is 0 Å². The van der Waals surface area contributed by atoms with Gasteiger partial charge in [-0.1, -0.05) is 12.1 Å². The molecule has 0 heterocycles. The topological polar surface area (TPSA) is 54.4 Å². The van der Waals surface area contributed by atoms with Crippen LogP contribution in [0, 0.1) is 11.6 Å². The first-order valence-corrected chi connectivity index (χ1v) is 5.32. The molecule has 0 saturated carbocycles. The van der Waals surface area contributed by atoms with Crippen LogP contribution in [0.2, 0.25) is 0 Å². The molecule has 2 aromatic rings. The Morgan fingerprint density at radius 1 is 0.895 bits per heavy atom. The summed E-state index contributed by atoms with van der Waals surface area (Å²) in [7, 11) is 0. The van der Waals surface area contributed by atoms with Crippen molar-refractivity contribution in [1.29, 1.82) is 0 Å². The molecule has 2 rings (SSSR count). The maximum atomic E-state index is 13.4. The second-order valence-corrected chi connectivity index (χ2v) is 3.84. The van der Waals surface area contributed by atoms with E-state index in [9.17, 15) is 18.4 Å². The molecule has 0 atom stereocenters. The maximum absolute atomic E-state index is 13.4. The van der Waals surface area contributed by atoms with Crippen LogP contribution in [-0.4, -0.2) is 16.9 Å². The molecule has 0 aliphatic rings. The first kappa shape index (κ1) is 12.9. The highest BCUT2D eigenvalue weighted by Crippen LogP contribution is 2.15. The monoisotopic (exact) mass is 262 g/mol. The number of halogens is 2. The van der Waals surface area contributed by atoms with Gasteiger partial charge in [-0.3, -0.25) is 4.79 Å². The smallest absolute Gasteiger partial charge is 0.335 e. The summed E-state index contributed by atoms with van der Waals surface area (Å²) in [6.45, 7) is 0. The standard InChI is InChI=1S/C14H8F2O3/c15-10-5-6-12(16)11(7-10)13(17)8-1-3-9(4-2-8)14(18)19/h1-7H,(H,18,19). The van der Waals surface area contributed by atoms with E-state index in [2.05, 4.69) is 0 Å². The zero-order chi connectivity index (χ0) is 14.0. The van der Waals surface area contributed by atoms with Crippen molar-refractivity contribution in [3.8, 4) is 0 Å². The van der Waals surface area contributed by atoms with Gasteiger partial charge in [0, 0.05) is 5.56 Å². The van der Waals surface area contributed by atoms with Crippen molar-refractivity contribution in [3.05, 3.63) is 70.8 Å². The van der Waals surface area contributed by atoms with Gasteiger partial charge in [-0.05, 0) is 30.3 Å². The van der Waals surface area contributed by atoms with E-state index < -0.39 is 23.4 Å². The Kier molecular flexibility index (Phi) is 3.37. The van der Waals surface area contributed by atoms with Crippen LogP contribution < -0.4 is 0 Å². The third-order valence-corrected chi connectivity index (χ3v) is 2.57. The van der Waals surface area contributed by atoms with E-state index in [1.807, 2.05) is 0 Å². The number of carboxylic acid groups (broad SMARTS) is 1. The van der Waals surface area contributed by atoms with Crippen LogP contribution in [0.4, 0.5) is 8.78 Å². The van der Waals surface area contributed by atoms with Crippen molar-refractivity contribution >= 4 is 11.8 Å². The lowest BCUT2D eigenvalue weighted by Crippen LogP contribution is -2.06. The van der Waals surface area contributed by atoms with Crippen LogP contribution in [0.15, 0.2) is 42.5 Å². The Morgan fingerprint density at radius 3 is 2.05 bits per heavy atom. The predicted molar refractivity (Wildman–Crippen MR) is 63.2 cm³/mol. The third kappa shape index (κ3) is 2.65. The fourth-order valence-corrected chi connectivity index (χ4v) is 1.59. The van der Waals surface area contributed by atoms with Gasteiger partial charge in [0.1, 0.15) is 11.6 Å². The molecular formula is C14H8F2O3. The van der Waals surface area contributed by atoms with E-state index in [4.69, 9.17) is 5.11 Å². The zero-order valence-electron chi connectivity index (χ0n) is 9.56. The summed E-state index contributed by atoms with van der Waals surface area (Å²) in [6.07, 6.45) is 0. The van der Waals surface area contributed by atoms with Crippen LogP contribution >= 0.6 is 0 Å². The minimum Gasteiger partial charge on any atom is -0.478 e. The molecule has 1 N–H and O–H groups in total. The van der Waals surface area contributed by atoms with Crippen molar-refractivity contribution in [2.75, 3.05) is 0 Å². The Balaban J connectivity index is 2.38. The molecule has 96 valence electrons. The van der Waals surface area contributed by atoms with Crippen molar-refractivity contribution in [2.45, 2.75) is 0 Å². The lowest BCUT2D eigenvalue weighted by Gasteiger charge is -2.03. The van der Waals surface area contributed by atoms with Gasteiger partial charge in [0.2, 0.25) is 0 Å². The molecule has 0 fully saturated rings. The van der Waals surface area contributed by atoms with Gasteiger partial charge in [-0.15, -0.1) is 0 Å². The summed E-state index contributed by atoms with van der Waals surface area (Å²) in [6, 6.07) is 7.57. The molecule has 3 nitrogen and oxygen atoms in total. The predicted octanol–water partition coefficient (Wildman–Crippen LogP) is 2.89. The molecule has 0 aromatic heterocycles. The first-order chi connectivity index (χ1) is 8.99. The minimum absolute atomic E-state index is 0.0104. The van der Waals surface area contributed by atoms with E-state index in [1.165, 1.54) is 24.3 Å². The molecule has 5 heteroatoms. The second-order valence-electron chi connectivity index (χ2n) is 3.84. The SMILES string of the molecule is O=C(O)c1ccc(C(=O)c2cc(F)ccc2F)cc1. The average molecular weight is 262 g/mol.